The molecule has 3 heteroatoms. The summed E-state index contributed by atoms with van der Waals surface area (Å²) in [6.07, 6.45) is 0.786. The molecule has 0 bridgehead atoms. The lowest BCUT2D eigenvalue weighted by Gasteiger charge is -2.12. The highest BCUT2D eigenvalue weighted by atomic mass is 16.5. The van der Waals surface area contributed by atoms with E-state index in [1.807, 2.05) is 30.3 Å². The van der Waals surface area contributed by atoms with Gasteiger partial charge in [0.15, 0.2) is 0 Å². The third-order valence-corrected chi connectivity index (χ3v) is 5.82. The lowest BCUT2D eigenvalue weighted by molar-refractivity contribution is 0.296. The molecule has 0 aliphatic carbocycles. The summed E-state index contributed by atoms with van der Waals surface area (Å²) in [4.78, 5) is 4.94. The summed E-state index contributed by atoms with van der Waals surface area (Å²) in [5, 5.41) is 0. The Bertz CT molecular complexity index is 1320. The lowest BCUT2D eigenvalue weighted by Crippen LogP contribution is -2.12. The molecular formula is C29H26N2O. The average molecular weight is 419 g/mol. The van der Waals surface area contributed by atoms with Gasteiger partial charge >= 0.3 is 0 Å². The van der Waals surface area contributed by atoms with Crippen LogP contribution in [0.5, 0.6) is 5.75 Å². The largest absolute Gasteiger partial charge is 0.491 e. The molecule has 5 rings (SSSR count). The first-order valence-corrected chi connectivity index (χ1v) is 11.0. The first-order valence-electron chi connectivity index (χ1n) is 11.0. The first-order chi connectivity index (χ1) is 15.8. The maximum atomic E-state index is 6.08. The number of para-hydroxylation sites is 3. The highest BCUT2D eigenvalue weighted by molar-refractivity contribution is 5.76. The van der Waals surface area contributed by atoms with Crippen molar-refractivity contribution in [2.75, 3.05) is 6.61 Å². The lowest BCUT2D eigenvalue weighted by atomic mass is 10.0. The van der Waals surface area contributed by atoms with Gasteiger partial charge in [0, 0.05) is 6.42 Å². The quantitative estimate of drug-likeness (QED) is 0.295. The molecule has 0 fully saturated rings. The second kappa shape index (κ2) is 9.11. The van der Waals surface area contributed by atoms with Crippen molar-refractivity contribution in [3.05, 3.63) is 120 Å². The number of nitrogens with zero attached hydrogens (tertiary/aromatic N) is 2. The summed E-state index contributed by atoms with van der Waals surface area (Å²) >= 11 is 0. The molecule has 0 saturated heterocycles. The van der Waals surface area contributed by atoms with Crippen LogP contribution in [-0.2, 0) is 13.0 Å². The standard InChI is InChI=1S/C29H26N2O/c1-22-9-5-8-14-28(22)32-20-19-31-27-13-7-6-12-26(27)30-29(31)21-23-15-17-25(18-16-23)24-10-3-2-4-11-24/h2-18H,19-21H2,1H3. The number of fused-ring (bicyclic) bond motifs is 1. The number of aryl methyl sites for hydroxylation is 1. The van der Waals surface area contributed by atoms with E-state index >= 15 is 0 Å². The van der Waals surface area contributed by atoms with Gasteiger partial charge in [-0.3, -0.25) is 0 Å². The number of benzene rings is 4. The van der Waals surface area contributed by atoms with Crippen LogP contribution < -0.4 is 4.74 Å². The minimum absolute atomic E-state index is 0.602. The minimum atomic E-state index is 0.602. The van der Waals surface area contributed by atoms with Gasteiger partial charge in [0.25, 0.3) is 0 Å². The minimum Gasteiger partial charge on any atom is -0.491 e. The van der Waals surface area contributed by atoms with Crippen molar-refractivity contribution in [3.63, 3.8) is 0 Å². The van der Waals surface area contributed by atoms with Gasteiger partial charge in [0.2, 0.25) is 0 Å². The van der Waals surface area contributed by atoms with E-state index in [1.54, 1.807) is 0 Å². The van der Waals surface area contributed by atoms with Gasteiger partial charge < -0.3 is 9.30 Å². The summed E-state index contributed by atoms with van der Waals surface area (Å²) in [5.74, 6) is 2.00. The molecule has 0 N–H and O–H groups in total. The Labute approximate surface area is 188 Å². The summed E-state index contributed by atoms with van der Waals surface area (Å²) in [6.45, 7) is 3.43. The van der Waals surface area contributed by atoms with E-state index in [2.05, 4.69) is 84.3 Å². The van der Waals surface area contributed by atoms with E-state index in [4.69, 9.17) is 9.72 Å². The van der Waals surface area contributed by atoms with Gasteiger partial charge in [-0.25, -0.2) is 4.98 Å². The zero-order chi connectivity index (χ0) is 21.8. The van der Waals surface area contributed by atoms with Crippen LogP contribution in [0.2, 0.25) is 0 Å². The van der Waals surface area contributed by atoms with E-state index in [1.165, 1.54) is 16.7 Å². The molecule has 5 aromatic rings. The molecule has 0 radical (unpaired) electrons. The topological polar surface area (TPSA) is 27.1 Å². The van der Waals surface area contributed by atoms with Crippen molar-refractivity contribution < 1.29 is 4.74 Å². The van der Waals surface area contributed by atoms with Crippen molar-refractivity contribution in [2.24, 2.45) is 0 Å². The van der Waals surface area contributed by atoms with E-state index in [9.17, 15) is 0 Å². The predicted molar refractivity (Wildman–Crippen MR) is 131 cm³/mol. The third-order valence-electron chi connectivity index (χ3n) is 5.82. The van der Waals surface area contributed by atoms with Crippen molar-refractivity contribution in [2.45, 2.75) is 19.9 Å². The number of rotatable bonds is 7. The fraction of sp³-hybridized carbons (Fsp3) is 0.138. The van der Waals surface area contributed by atoms with Crippen LogP contribution in [-0.4, -0.2) is 16.2 Å². The van der Waals surface area contributed by atoms with Crippen LogP contribution in [0.1, 0.15) is 17.0 Å². The smallest absolute Gasteiger partial charge is 0.122 e. The normalized spacial score (nSPS) is 11.0. The fourth-order valence-corrected chi connectivity index (χ4v) is 4.10. The molecule has 0 amide bonds. The van der Waals surface area contributed by atoms with Gasteiger partial charge in [-0.2, -0.15) is 0 Å². The van der Waals surface area contributed by atoms with Crippen LogP contribution in [0.15, 0.2) is 103 Å². The van der Waals surface area contributed by atoms with Gasteiger partial charge in [-0.05, 0) is 47.4 Å². The van der Waals surface area contributed by atoms with E-state index < -0.39 is 0 Å². The fourth-order valence-electron chi connectivity index (χ4n) is 4.10. The Morgan fingerprint density at radius 1 is 0.719 bits per heavy atom. The van der Waals surface area contributed by atoms with Crippen molar-refractivity contribution >= 4 is 11.0 Å². The van der Waals surface area contributed by atoms with Gasteiger partial charge in [0.1, 0.15) is 18.2 Å². The van der Waals surface area contributed by atoms with Gasteiger partial charge in [0.05, 0.1) is 17.6 Å². The van der Waals surface area contributed by atoms with Crippen LogP contribution in [0, 0.1) is 6.92 Å². The molecular weight excluding hydrogens is 392 g/mol. The first kappa shape index (κ1) is 20.1. The number of ether oxygens (including phenoxy) is 1. The van der Waals surface area contributed by atoms with Gasteiger partial charge in [-0.15, -0.1) is 0 Å². The second-order valence-corrected chi connectivity index (χ2v) is 8.02. The monoisotopic (exact) mass is 418 g/mol. The summed E-state index contributed by atoms with van der Waals surface area (Å²) in [7, 11) is 0. The molecule has 0 aliphatic rings. The molecule has 4 aromatic carbocycles. The summed E-state index contributed by atoms with van der Waals surface area (Å²) < 4.78 is 8.37. The van der Waals surface area contributed by atoms with Gasteiger partial charge in [-0.1, -0.05) is 84.9 Å². The average Bonchev–Trinajstić information content (AvgIpc) is 3.18. The molecule has 158 valence electrons. The molecule has 1 heterocycles. The second-order valence-electron chi connectivity index (χ2n) is 8.02. The Kier molecular flexibility index (Phi) is 5.71. The Hall–Kier alpha value is -3.85. The van der Waals surface area contributed by atoms with E-state index in [-0.39, 0.29) is 0 Å². The predicted octanol–water partition coefficient (Wildman–Crippen LogP) is 6.68. The number of imidazole rings is 1. The van der Waals surface area contributed by atoms with E-state index in [0.29, 0.717) is 6.61 Å². The van der Waals surface area contributed by atoms with Crippen LogP contribution in [0.3, 0.4) is 0 Å². The Morgan fingerprint density at radius 3 is 2.22 bits per heavy atom. The zero-order valence-corrected chi connectivity index (χ0v) is 18.2. The number of aromatic nitrogens is 2. The summed E-state index contributed by atoms with van der Waals surface area (Å²) in [6, 6.07) is 35.8. The Morgan fingerprint density at radius 2 is 1.41 bits per heavy atom. The van der Waals surface area contributed by atoms with Crippen molar-refractivity contribution in [1.29, 1.82) is 0 Å². The number of hydrogen-bond donors (Lipinski definition) is 0. The Balaban J connectivity index is 1.37. The molecule has 1 aromatic heterocycles. The maximum absolute atomic E-state index is 6.08. The van der Waals surface area contributed by atoms with Crippen LogP contribution >= 0.6 is 0 Å². The molecule has 32 heavy (non-hydrogen) atoms. The van der Waals surface area contributed by atoms with E-state index in [0.717, 1.165) is 41.1 Å². The molecule has 3 nitrogen and oxygen atoms in total. The molecule has 0 spiro atoms. The van der Waals surface area contributed by atoms with Crippen LogP contribution in [0.4, 0.5) is 0 Å². The SMILES string of the molecule is Cc1ccccc1OCCn1c(Cc2ccc(-c3ccccc3)cc2)nc2ccccc21. The number of hydrogen-bond acceptors (Lipinski definition) is 2. The van der Waals surface area contributed by atoms with Crippen molar-refractivity contribution in [1.82, 2.24) is 9.55 Å². The maximum Gasteiger partial charge on any atom is 0.122 e. The highest BCUT2D eigenvalue weighted by Gasteiger charge is 2.12. The van der Waals surface area contributed by atoms with Crippen LogP contribution in [0.25, 0.3) is 22.2 Å². The summed E-state index contributed by atoms with van der Waals surface area (Å²) in [5.41, 5.74) is 7.05. The molecule has 0 saturated carbocycles. The zero-order valence-electron chi connectivity index (χ0n) is 18.2. The molecule has 0 atom stereocenters. The third kappa shape index (κ3) is 4.28. The van der Waals surface area contributed by atoms with Crippen molar-refractivity contribution in [3.8, 4) is 16.9 Å². The molecule has 0 unspecified atom stereocenters. The molecule has 0 aliphatic heterocycles. The highest BCUT2D eigenvalue weighted by Crippen LogP contribution is 2.23.